The number of hydrogen-bond acceptors (Lipinski definition) is 7. The molecule has 0 radical (unpaired) electrons. The van der Waals surface area contributed by atoms with E-state index in [-0.39, 0.29) is 17.9 Å². The van der Waals surface area contributed by atoms with E-state index in [1.54, 1.807) is 6.92 Å². The van der Waals surface area contributed by atoms with Crippen LogP contribution < -0.4 is 0 Å². The number of nitrogens with zero attached hydrogens (tertiary/aromatic N) is 2. The number of aldehydes is 1. The first-order valence-corrected chi connectivity index (χ1v) is 13.4. The first kappa shape index (κ1) is 31.5. The van der Waals surface area contributed by atoms with Gasteiger partial charge in [0.2, 0.25) is 5.88 Å². The molecule has 0 aromatic rings. The lowest BCUT2D eigenvalue weighted by Gasteiger charge is -2.35. The average Bonchev–Trinajstić information content (AvgIpc) is 2.99. The van der Waals surface area contributed by atoms with Gasteiger partial charge in [-0.1, -0.05) is 56.7 Å². The molecule has 2 rings (SSSR count). The number of allylic oxidation sites excluding steroid dienone is 10. The summed E-state index contributed by atoms with van der Waals surface area (Å²) in [5, 5.41) is 21.8. The van der Waals surface area contributed by atoms with Crippen molar-refractivity contribution in [3.05, 3.63) is 68.9 Å². The van der Waals surface area contributed by atoms with Crippen LogP contribution in [0.4, 0.5) is 0 Å². The molecule has 7 nitrogen and oxygen atoms in total. The van der Waals surface area contributed by atoms with Gasteiger partial charge in [-0.05, 0) is 76.7 Å². The third-order valence-corrected chi connectivity index (χ3v) is 7.75. The minimum absolute atomic E-state index is 0.0746. The summed E-state index contributed by atoms with van der Waals surface area (Å²) in [6.07, 6.45) is 11.2. The van der Waals surface area contributed by atoms with Gasteiger partial charge in [-0.2, -0.15) is 0 Å². The molecule has 0 aromatic heterocycles. The van der Waals surface area contributed by atoms with Crippen molar-refractivity contribution in [3.8, 4) is 0 Å². The molecule has 1 heterocycles. The molecule has 0 bridgehead atoms. The van der Waals surface area contributed by atoms with Gasteiger partial charge < -0.3 is 19.5 Å². The summed E-state index contributed by atoms with van der Waals surface area (Å²) >= 11 is 7.03. The third kappa shape index (κ3) is 6.84. The molecule has 1 atom stereocenters. The predicted molar refractivity (Wildman–Crippen MR) is 157 cm³/mol. The molecule has 1 saturated heterocycles. The zero-order valence-electron chi connectivity index (χ0n) is 23.6. The summed E-state index contributed by atoms with van der Waals surface area (Å²) in [4.78, 5) is 18.7. The van der Waals surface area contributed by atoms with Crippen molar-refractivity contribution in [2.45, 2.75) is 91.8 Å². The molecule has 1 aliphatic heterocycles. The highest BCUT2D eigenvalue weighted by Crippen LogP contribution is 2.44. The second kappa shape index (κ2) is 13.4. The van der Waals surface area contributed by atoms with Crippen molar-refractivity contribution in [1.82, 2.24) is 0 Å². The number of carbonyl (C=O) groups excluding carboxylic acids is 1. The van der Waals surface area contributed by atoms with Gasteiger partial charge in [-0.15, -0.1) is 0 Å². The standard InChI is InChI=1S/C29H40BClN2O5/c1-9-14-20(17-25(35)19(4)23(10-2)33-27(36)24(18-34)32-8)21-15-12-13-16-22(26(21)31)30-37-28(5,6)29(7,11-3)38-30/h12,14-16,18,35-36H,8-11,13,17H2,1-7H3/b20-14+,25-19-,27-24+,33-23+. The van der Waals surface area contributed by atoms with Crippen molar-refractivity contribution < 1.29 is 24.3 Å². The summed E-state index contributed by atoms with van der Waals surface area (Å²) in [5.74, 6) is -0.473. The Balaban J connectivity index is 2.50. The number of aliphatic hydroxyl groups is 2. The first-order valence-electron chi connectivity index (χ1n) is 13.0. The Bertz CT molecular complexity index is 1150. The second-order valence-electron chi connectivity index (χ2n) is 9.97. The van der Waals surface area contributed by atoms with Gasteiger partial charge in [-0.3, -0.25) is 9.79 Å². The van der Waals surface area contributed by atoms with E-state index >= 15 is 0 Å². The highest BCUT2D eigenvalue weighted by atomic mass is 35.5. The molecule has 2 N–H and O–H groups in total. The van der Waals surface area contributed by atoms with Crippen molar-refractivity contribution in [3.63, 3.8) is 0 Å². The van der Waals surface area contributed by atoms with Crippen LogP contribution in [-0.4, -0.2) is 47.2 Å². The number of aliphatic hydroxyl groups excluding tert-OH is 2. The smallest absolute Gasteiger partial charge is 0.496 e. The van der Waals surface area contributed by atoms with Gasteiger partial charge in [0.25, 0.3) is 0 Å². The molecular formula is C29H40BClN2O5. The first-order chi connectivity index (χ1) is 17.9. The molecule has 0 amide bonds. The highest BCUT2D eigenvalue weighted by molar-refractivity contribution is 6.60. The Hall–Kier alpha value is -2.68. The van der Waals surface area contributed by atoms with E-state index in [4.69, 9.17) is 20.9 Å². The lowest BCUT2D eigenvalue weighted by molar-refractivity contribution is -0.105. The highest BCUT2D eigenvalue weighted by Gasteiger charge is 2.54. The van der Waals surface area contributed by atoms with E-state index in [1.807, 2.05) is 52.0 Å². The third-order valence-electron chi connectivity index (χ3n) is 7.33. The van der Waals surface area contributed by atoms with Crippen LogP contribution >= 0.6 is 11.6 Å². The van der Waals surface area contributed by atoms with Crippen LogP contribution in [0, 0.1) is 0 Å². The van der Waals surface area contributed by atoms with Crippen LogP contribution in [0.3, 0.4) is 0 Å². The Labute approximate surface area is 232 Å². The lowest BCUT2D eigenvalue weighted by Crippen LogP contribution is -2.44. The molecule has 206 valence electrons. The van der Waals surface area contributed by atoms with Crippen LogP contribution in [0.5, 0.6) is 0 Å². The van der Waals surface area contributed by atoms with E-state index in [2.05, 4.69) is 30.5 Å². The zero-order chi connectivity index (χ0) is 28.7. The van der Waals surface area contributed by atoms with Crippen LogP contribution in [0.2, 0.25) is 0 Å². The summed E-state index contributed by atoms with van der Waals surface area (Å²) < 4.78 is 12.8. The topological polar surface area (TPSA) is 101 Å². The molecular weight excluding hydrogens is 503 g/mol. The van der Waals surface area contributed by atoms with Gasteiger partial charge in [0, 0.05) is 17.0 Å². The number of rotatable bonds is 11. The summed E-state index contributed by atoms with van der Waals surface area (Å²) in [6.45, 7) is 17.0. The molecule has 1 fully saturated rings. The Kier molecular flexibility index (Phi) is 11.1. The Morgan fingerprint density at radius 1 is 1.24 bits per heavy atom. The fourth-order valence-corrected chi connectivity index (χ4v) is 4.71. The average molecular weight is 543 g/mol. The Morgan fingerprint density at radius 3 is 2.45 bits per heavy atom. The number of hydrogen-bond donors (Lipinski definition) is 2. The SMILES string of the molecule is C=N\C(C=O)=C(O)/N=C(CC)/C(C)=C(\O)C/C(=C\CC)C1=C(Cl)C(B2OC(C)(C)C(C)(CC)O2)=CCC=C1. The zero-order valence-corrected chi connectivity index (χ0v) is 24.4. The Morgan fingerprint density at radius 2 is 1.92 bits per heavy atom. The number of carbonyl (C=O) groups is 1. The molecule has 0 aromatic carbocycles. The maximum absolute atomic E-state index is 11.1. The van der Waals surface area contributed by atoms with E-state index in [9.17, 15) is 15.0 Å². The molecule has 9 heteroatoms. The van der Waals surface area contributed by atoms with Gasteiger partial charge in [0.05, 0.1) is 16.9 Å². The van der Waals surface area contributed by atoms with Crippen molar-refractivity contribution in [1.29, 1.82) is 0 Å². The van der Waals surface area contributed by atoms with E-state index in [0.29, 0.717) is 35.4 Å². The lowest BCUT2D eigenvalue weighted by atomic mass is 9.76. The second-order valence-corrected chi connectivity index (χ2v) is 10.3. The predicted octanol–water partition coefficient (Wildman–Crippen LogP) is 7.42. The quantitative estimate of drug-likeness (QED) is 0.0930. The maximum Gasteiger partial charge on any atom is 0.496 e. The maximum atomic E-state index is 11.1. The van der Waals surface area contributed by atoms with E-state index in [0.717, 1.165) is 29.5 Å². The van der Waals surface area contributed by atoms with Crippen LogP contribution in [0.25, 0.3) is 0 Å². The summed E-state index contributed by atoms with van der Waals surface area (Å²) in [5.41, 5.74) is 2.07. The molecule has 38 heavy (non-hydrogen) atoms. The minimum atomic E-state index is -0.606. The van der Waals surface area contributed by atoms with Crippen molar-refractivity contribution in [2.24, 2.45) is 9.98 Å². The molecule has 1 unspecified atom stereocenters. The van der Waals surface area contributed by atoms with Gasteiger partial charge in [0.1, 0.15) is 5.76 Å². The summed E-state index contributed by atoms with van der Waals surface area (Å²) in [7, 11) is -0.606. The van der Waals surface area contributed by atoms with Gasteiger partial charge in [0.15, 0.2) is 12.0 Å². The van der Waals surface area contributed by atoms with E-state index in [1.165, 1.54) is 0 Å². The summed E-state index contributed by atoms with van der Waals surface area (Å²) in [6, 6.07) is 0. The molecule has 2 aliphatic rings. The fourth-order valence-electron chi connectivity index (χ4n) is 4.35. The normalized spacial score (nSPS) is 23.6. The number of halogens is 1. The fraction of sp³-hybridized carbons (Fsp3) is 0.483. The monoisotopic (exact) mass is 542 g/mol. The molecule has 0 saturated carbocycles. The van der Waals surface area contributed by atoms with Gasteiger partial charge >= 0.3 is 7.12 Å². The van der Waals surface area contributed by atoms with Crippen LogP contribution in [0.15, 0.2) is 78.9 Å². The molecule has 1 aliphatic carbocycles. The van der Waals surface area contributed by atoms with Crippen LogP contribution in [-0.2, 0) is 14.1 Å². The van der Waals surface area contributed by atoms with Gasteiger partial charge in [-0.25, -0.2) is 4.99 Å². The van der Waals surface area contributed by atoms with Crippen molar-refractivity contribution in [2.75, 3.05) is 0 Å². The van der Waals surface area contributed by atoms with E-state index < -0.39 is 24.2 Å². The molecule has 0 spiro atoms. The van der Waals surface area contributed by atoms with Crippen molar-refractivity contribution >= 4 is 37.4 Å². The largest absolute Gasteiger partial charge is 0.512 e. The van der Waals surface area contributed by atoms with Crippen LogP contribution in [0.1, 0.15) is 80.6 Å². The number of aliphatic imine (C=N–C) groups is 2. The minimum Gasteiger partial charge on any atom is -0.512 e.